The summed E-state index contributed by atoms with van der Waals surface area (Å²) in [5.74, 6) is 3.19. The van der Waals surface area contributed by atoms with Gasteiger partial charge in [0.1, 0.15) is 5.76 Å². The van der Waals surface area contributed by atoms with Crippen molar-refractivity contribution in [2.75, 3.05) is 36.8 Å². The lowest BCUT2D eigenvalue weighted by molar-refractivity contribution is 0.226. The lowest BCUT2D eigenvalue weighted by Crippen LogP contribution is -2.41. The zero-order valence-corrected chi connectivity index (χ0v) is 20.2. The molecule has 36 heavy (non-hydrogen) atoms. The molecule has 0 saturated carbocycles. The zero-order chi connectivity index (χ0) is 23.6. The van der Waals surface area contributed by atoms with E-state index in [9.17, 15) is 0 Å². The Bertz CT molecular complexity index is 1400. The molecule has 0 atom stereocenters. The lowest BCUT2D eigenvalue weighted by atomic mass is 10.1. The number of aromatic nitrogens is 6. The van der Waals surface area contributed by atoms with Crippen molar-refractivity contribution < 1.29 is 9.89 Å². The Morgan fingerprint density at radius 3 is 2.75 bits per heavy atom. The number of H-pyrrole nitrogens is 1. The van der Waals surface area contributed by atoms with Gasteiger partial charge in [-0.25, -0.2) is 15.0 Å². The number of pyridine rings is 1. The highest BCUT2D eigenvalue weighted by Crippen LogP contribution is 2.24. The normalized spacial score (nSPS) is 14.8. The summed E-state index contributed by atoms with van der Waals surface area (Å²) < 4.78 is 7.93. The molecule has 0 amide bonds. The maximum absolute atomic E-state index is 5.74. The van der Waals surface area contributed by atoms with E-state index in [1.165, 1.54) is 0 Å². The molecule has 1 aromatic carbocycles. The minimum atomic E-state index is 0. The van der Waals surface area contributed by atoms with Gasteiger partial charge in [0, 0.05) is 45.3 Å². The number of hydrogen-bond acceptors (Lipinski definition) is 8. The summed E-state index contributed by atoms with van der Waals surface area (Å²) in [5.41, 5.74) is 3.95. The highest BCUT2D eigenvalue weighted by Gasteiger charge is 2.21. The van der Waals surface area contributed by atoms with Gasteiger partial charge in [0.05, 0.1) is 41.0 Å². The first kappa shape index (κ1) is 23.8. The molecule has 11 heteroatoms. The van der Waals surface area contributed by atoms with E-state index in [0.717, 1.165) is 78.7 Å². The van der Waals surface area contributed by atoms with Crippen molar-refractivity contribution in [1.82, 2.24) is 34.4 Å². The van der Waals surface area contributed by atoms with Crippen LogP contribution in [-0.2, 0) is 6.54 Å². The lowest BCUT2D eigenvalue weighted by Gasteiger charge is -2.32. The van der Waals surface area contributed by atoms with Gasteiger partial charge in [0.15, 0.2) is 5.89 Å². The van der Waals surface area contributed by atoms with Gasteiger partial charge >= 0.3 is 0 Å². The maximum Gasteiger partial charge on any atom is 0.204 e. The monoisotopic (exact) mass is 489 g/mol. The van der Waals surface area contributed by atoms with Crippen LogP contribution in [0.25, 0.3) is 22.1 Å². The number of imidazole rings is 2. The molecule has 1 saturated heterocycles. The molecule has 0 unspecified atom stereocenters. The number of likely N-dealkylation sites (tertiary alicyclic amines) is 1. The molecule has 6 rings (SSSR count). The zero-order valence-electron chi connectivity index (χ0n) is 20.2. The SMILES string of the molecule is Cc1ncc(Cn2c(NC3CCN(CCNc4nc5ccncc5[nH]4)CC3)nc3ccccc32)o1.O. The van der Waals surface area contributed by atoms with Crippen LogP contribution in [0.4, 0.5) is 11.9 Å². The first-order valence-electron chi connectivity index (χ1n) is 12.1. The van der Waals surface area contributed by atoms with E-state index in [0.29, 0.717) is 18.5 Å². The molecule has 11 nitrogen and oxygen atoms in total. The van der Waals surface area contributed by atoms with Gasteiger partial charge in [-0.3, -0.25) is 4.98 Å². The summed E-state index contributed by atoms with van der Waals surface area (Å²) >= 11 is 0. The Hall–Kier alpha value is -3.96. The van der Waals surface area contributed by atoms with E-state index in [4.69, 9.17) is 9.40 Å². The van der Waals surface area contributed by atoms with Crippen molar-refractivity contribution in [2.45, 2.75) is 32.4 Å². The van der Waals surface area contributed by atoms with E-state index in [-0.39, 0.29) is 5.48 Å². The van der Waals surface area contributed by atoms with Crippen LogP contribution in [0.3, 0.4) is 0 Å². The molecule has 4 aromatic heterocycles. The second kappa shape index (κ2) is 10.3. The topological polar surface area (TPSA) is 144 Å². The molecule has 0 spiro atoms. The summed E-state index contributed by atoms with van der Waals surface area (Å²) in [6.07, 6.45) is 7.49. The Morgan fingerprint density at radius 1 is 1.08 bits per heavy atom. The largest absolute Gasteiger partial charge is 0.444 e. The van der Waals surface area contributed by atoms with Crippen LogP contribution < -0.4 is 10.6 Å². The van der Waals surface area contributed by atoms with Crippen LogP contribution in [0.1, 0.15) is 24.5 Å². The fourth-order valence-corrected chi connectivity index (χ4v) is 4.74. The molecule has 1 aliphatic rings. The van der Waals surface area contributed by atoms with Crippen molar-refractivity contribution in [3.8, 4) is 0 Å². The Balaban J connectivity index is 0.00000267. The average Bonchev–Trinajstić information content (AvgIpc) is 3.57. The van der Waals surface area contributed by atoms with Gasteiger partial charge in [-0.2, -0.15) is 0 Å². The van der Waals surface area contributed by atoms with Gasteiger partial charge in [-0.1, -0.05) is 12.1 Å². The molecule has 1 fully saturated rings. The molecule has 0 bridgehead atoms. The minimum Gasteiger partial charge on any atom is -0.444 e. The van der Waals surface area contributed by atoms with E-state index in [1.54, 1.807) is 18.6 Å². The minimum absolute atomic E-state index is 0. The van der Waals surface area contributed by atoms with Gasteiger partial charge < -0.3 is 35.0 Å². The number of benzene rings is 1. The predicted molar refractivity (Wildman–Crippen MR) is 139 cm³/mol. The molecule has 5 aromatic rings. The molecule has 5 N–H and O–H groups in total. The Labute approximate surface area is 208 Å². The van der Waals surface area contributed by atoms with Gasteiger partial charge in [-0.05, 0) is 31.0 Å². The molecular weight excluding hydrogens is 458 g/mol. The molecule has 0 aliphatic carbocycles. The third kappa shape index (κ3) is 5.02. The van der Waals surface area contributed by atoms with Crippen molar-refractivity contribution in [2.24, 2.45) is 0 Å². The Kier molecular flexibility index (Phi) is 6.83. The number of aryl methyl sites for hydroxylation is 1. The van der Waals surface area contributed by atoms with Crippen LogP contribution in [-0.4, -0.2) is 72.1 Å². The predicted octanol–water partition coefficient (Wildman–Crippen LogP) is 2.82. The number of aromatic amines is 1. The highest BCUT2D eigenvalue weighted by atomic mass is 16.4. The number of anilines is 2. The average molecular weight is 490 g/mol. The van der Waals surface area contributed by atoms with Gasteiger partial charge in [0.2, 0.25) is 11.9 Å². The Morgan fingerprint density at radius 2 is 1.94 bits per heavy atom. The third-order valence-corrected chi connectivity index (χ3v) is 6.56. The number of para-hydroxylation sites is 2. The number of nitrogens with one attached hydrogen (secondary N) is 3. The molecule has 0 radical (unpaired) electrons. The molecular formula is C25H31N9O2. The summed E-state index contributed by atoms with van der Waals surface area (Å²) in [6.45, 7) is 6.39. The summed E-state index contributed by atoms with van der Waals surface area (Å²) in [5, 5.41) is 7.11. The van der Waals surface area contributed by atoms with Crippen LogP contribution >= 0.6 is 0 Å². The fraction of sp³-hybridized carbons (Fsp3) is 0.360. The van der Waals surface area contributed by atoms with Crippen molar-refractivity contribution in [3.05, 3.63) is 60.6 Å². The summed E-state index contributed by atoms with van der Waals surface area (Å²) in [7, 11) is 0. The van der Waals surface area contributed by atoms with Gasteiger partial charge in [0.25, 0.3) is 0 Å². The van der Waals surface area contributed by atoms with Crippen LogP contribution in [0.15, 0.2) is 53.3 Å². The number of nitrogens with zero attached hydrogens (tertiary/aromatic N) is 6. The summed E-state index contributed by atoms with van der Waals surface area (Å²) in [4.78, 5) is 23.6. The fourth-order valence-electron chi connectivity index (χ4n) is 4.74. The van der Waals surface area contributed by atoms with Crippen molar-refractivity contribution >= 4 is 34.0 Å². The highest BCUT2D eigenvalue weighted by molar-refractivity contribution is 5.79. The number of piperidine rings is 1. The first-order valence-corrected chi connectivity index (χ1v) is 12.1. The molecule has 5 heterocycles. The van der Waals surface area contributed by atoms with Crippen LogP contribution in [0, 0.1) is 6.92 Å². The number of rotatable bonds is 8. The molecule has 188 valence electrons. The van der Waals surface area contributed by atoms with E-state index in [1.807, 2.05) is 25.1 Å². The van der Waals surface area contributed by atoms with Crippen LogP contribution in [0.5, 0.6) is 0 Å². The number of oxazole rings is 1. The standard InChI is InChI=1S/C25H29N9O.H2O/c1-17-28-14-19(35-17)16-34-23-5-3-2-4-21(23)32-25(34)29-18-7-11-33(12-8-18)13-10-27-24-30-20-6-9-26-15-22(20)31-24;/h2-6,9,14-15,18H,7-8,10-13,16H2,1H3,(H,29,32)(H2,27,30,31);1H2. The van der Waals surface area contributed by atoms with Gasteiger partial charge in [-0.15, -0.1) is 0 Å². The van der Waals surface area contributed by atoms with Crippen molar-refractivity contribution in [1.29, 1.82) is 0 Å². The maximum atomic E-state index is 5.74. The second-order valence-electron chi connectivity index (χ2n) is 9.02. The van der Waals surface area contributed by atoms with E-state index < -0.39 is 0 Å². The van der Waals surface area contributed by atoms with Crippen molar-refractivity contribution in [3.63, 3.8) is 0 Å². The quantitative estimate of drug-likeness (QED) is 0.302. The van der Waals surface area contributed by atoms with E-state index >= 15 is 0 Å². The smallest absolute Gasteiger partial charge is 0.204 e. The second-order valence-corrected chi connectivity index (χ2v) is 9.02. The van der Waals surface area contributed by atoms with E-state index in [2.05, 4.69) is 52.2 Å². The third-order valence-electron chi connectivity index (χ3n) is 6.56. The summed E-state index contributed by atoms with van der Waals surface area (Å²) in [6, 6.07) is 10.5. The number of hydrogen-bond donors (Lipinski definition) is 3. The molecule has 1 aliphatic heterocycles. The first-order chi connectivity index (χ1) is 17.2. The number of fused-ring (bicyclic) bond motifs is 2. The van der Waals surface area contributed by atoms with Crippen LogP contribution in [0.2, 0.25) is 0 Å².